The topological polar surface area (TPSA) is 252 Å². The number of rotatable bonds is 10. The molecule has 3 aromatic rings. The summed E-state index contributed by atoms with van der Waals surface area (Å²) in [6.07, 6.45) is -2.64. The Balaban J connectivity index is 1.75. The lowest BCUT2D eigenvalue weighted by molar-refractivity contribution is -0.246. The number of aromatic hydroxyl groups is 4. The fraction of sp³-hybridized carbons (Fsp3) is 0.242. The van der Waals surface area contributed by atoms with Crippen LogP contribution in [0.3, 0.4) is 0 Å². The maximum absolute atomic E-state index is 13.9. The highest BCUT2D eigenvalue weighted by molar-refractivity contribution is 6.21. The highest BCUT2D eigenvalue weighted by Gasteiger charge is 2.61. The van der Waals surface area contributed by atoms with Crippen molar-refractivity contribution in [2.45, 2.75) is 42.9 Å². The van der Waals surface area contributed by atoms with Crippen LogP contribution in [-0.4, -0.2) is 93.9 Å². The van der Waals surface area contributed by atoms with Crippen molar-refractivity contribution in [3.63, 3.8) is 0 Å². The SMILES string of the molecule is O=C(C=Cc1ccc(O)c(O)c1)OC1(CO)C(O)CC(O)(C(=O)O)CC1OC(=O)C(=Cc1ccc(O)c(O)c1)c1cccc(CO)c1. The molecule has 1 aliphatic carbocycles. The van der Waals surface area contributed by atoms with Gasteiger partial charge in [-0.3, -0.25) is 0 Å². The summed E-state index contributed by atoms with van der Waals surface area (Å²) in [5.74, 6) is -6.03. The number of benzene rings is 3. The molecule has 14 nitrogen and oxygen atoms in total. The third kappa shape index (κ3) is 7.53. The molecule has 0 aliphatic heterocycles. The van der Waals surface area contributed by atoms with Crippen molar-refractivity contribution in [2.24, 2.45) is 0 Å². The quantitative estimate of drug-likeness (QED) is 0.0650. The van der Waals surface area contributed by atoms with E-state index in [2.05, 4.69) is 0 Å². The van der Waals surface area contributed by atoms with Crippen molar-refractivity contribution < 1.29 is 69.8 Å². The summed E-state index contributed by atoms with van der Waals surface area (Å²) in [5.41, 5.74) is -4.42. The van der Waals surface area contributed by atoms with Crippen molar-refractivity contribution in [1.82, 2.24) is 0 Å². The number of esters is 2. The molecule has 0 radical (unpaired) electrons. The summed E-state index contributed by atoms with van der Waals surface area (Å²) in [4.78, 5) is 38.8. The lowest BCUT2D eigenvalue weighted by Crippen LogP contribution is -2.67. The van der Waals surface area contributed by atoms with E-state index < -0.39 is 90.4 Å². The molecule has 0 saturated heterocycles. The molecule has 9 N–H and O–H groups in total. The predicted octanol–water partition coefficient (Wildman–Crippen LogP) is 1.41. The zero-order valence-electron chi connectivity index (χ0n) is 24.6. The van der Waals surface area contributed by atoms with Crippen LogP contribution in [0.1, 0.15) is 35.1 Å². The van der Waals surface area contributed by atoms with Crippen molar-refractivity contribution in [3.8, 4) is 23.0 Å². The molecule has 4 rings (SSSR count). The van der Waals surface area contributed by atoms with E-state index >= 15 is 0 Å². The Morgan fingerprint density at radius 3 is 2.09 bits per heavy atom. The molecule has 1 saturated carbocycles. The van der Waals surface area contributed by atoms with E-state index in [1.165, 1.54) is 42.5 Å². The van der Waals surface area contributed by atoms with Gasteiger partial charge in [-0.05, 0) is 64.7 Å². The molecule has 3 aromatic carbocycles. The van der Waals surface area contributed by atoms with Crippen LogP contribution >= 0.6 is 0 Å². The first-order chi connectivity index (χ1) is 22.2. The van der Waals surface area contributed by atoms with Crippen molar-refractivity contribution in [3.05, 3.63) is 89.0 Å². The lowest BCUT2D eigenvalue weighted by Gasteiger charge is -2.48. The van der Waals surface area contributed by atoms with Crippen molar-refractivity contribution >= 4 is 35.6 Å². The normalized spacial score (nSPS) is 22.9. The van der Waals surface area contributed by atoms with Crippen LogP contribution in [0.4, 0.5) is 0 Å². The maximum Gasteiger partial charge on any atom is 0.339 e. The van der Waals surface area contributed by atoms with Crippen LogP contribution in [0.5, 0.6) is 23.0 Å². The van der Waals surface area contributed by atoms with Gasteiger partial charge in [0.15, 0.2) is 34.2 Å². The second-order valence-electron chi connectivity index (χ2n) is 10.9. The molecule has 14 heteroatoms. The Hall–Kier alpha value is -5.41. The van der Waals surface area contributed by atoms with Gasteiger partial charge in [-0.15, -0.1) is 0 Å². The number of phenolic OH excluding ortho intramolecular Hbond substituents is 4. The first-order valence-corrected chi connectivity index (χ1v) is 14.0. The Morgan fingerprint density at radius 2 is 1.49 bits per heavy atom. The number of carboxylic acid groups (broad SMARTS) is 1. The molecule has 0 heterocycles. The van der Waals surface area contributed by atoms with Crippen molar-refractivity contribution in [2.75, 3.05) is 6.61 Å². The second-order valence-corrected chi connectivity index (χ2v) is 10.9. The summed E-state index contributed by atoms with van der Waals surface area (Å²) in [5, 5.41) is 90.7. The lowest BCUT2D eigenvalue weighted by atomic mass is 9.71. The van der Waals surface area contributed by atoms with E-state index in [0.29, 0.717) is 5.56 Å². The summed E-state index contributed by atoms with van der Waals surface area (Å²) >= 11 is 0. The minimum absolute atomic E-state index is 0.172. The van der Waals surface area contributed by atoms with E-state index in [4.69, 9.17) is 9.47 Å². The first kappa shape index (κ1) is 34.5. The molecule has 4 unspecified atom stereocenters. The number of hydrogen-bond acceptors (Lipinski definition) is 13. The number of aliphatic hydroxyl groups excluding tert-OH is 3. The number of carbonyl (C=O) groups is 3. The average Bonchev–Trinajstić information content (AvgIpc) is 3.03. The smallest absolute Gasteiger partial charge is 0.339 e. The van der Waals surface area contributed by atoms with Gasteiger partial charge in [0.05, 0.1) is 18.8 Å². The zero-order valence-corrected chi connectivity index (χ0v) is 24.6. The number of ether oxygens (including phenoxy) is 2. The predicted molar refractivity (Wildman–Crippen MR) is 162 cm³/mol. The molecular formula is C33H32O14. The molecule has 4 atom stereocenters. The molecule has 0 spiro atoms. The Morgan fingerprint density at radius 1 is 0.851 bits per heavy atom. The molecule has 0 amide bonds. The number of aliphatic hydroxyl groups is 4. The number of carboxylic acids is 1. The number of hydrogen-bond donors (Lipinski definition) is 9. The third-order valence-electron chi connectivity index (χ3n) is 7.71. The van der Waals surface area contributed by atoms with Gasteiger partial charge in [-0.2, -0.15) is 0 Å². The van der Waals surface area contributed by atoms with Gasteiger partial charge < -0.3 is 55.4 Å². The van der Waals surface area contributed by atoms with E-state index in [1.54, 1.807) is 6.07 Å². The summed E-state index contributed by atoms with van der Waals surface area (Å²) < 4.78 is 11.1. The van der Waals surface area contributed by atoms with Gasteiger partial charge in [0.25, 0.3) is 0 Å². The summed E-state index contributed by atoms with van der Waals surface area (Å²) in [6, 6.07) is 13.3. The highest BCUT2D eigenvalue weighted by atomic mass is 16.6. The maximum atomic E-state index is 13.9. The molecule has 1 fully saturated rings. The van der Waals surface area contributed by atoms with Crippen LogP contribution in [0.25, 0.3) is 17.7 Å². The van der Waals surface area contributed by atoms with Gasteiger partial charge >= 0.3 is 17.9 Å². The Labute approximate surface area is 266 Å². The van der Waals surface area contributed by atoms with Crippen LogP contribution < -0.4 is 0 Å². The van der Waals surface area contributed by atoms with Gasteiger partial charge in [0.2, 0.25) is 0 Å². The van der Waals surface area contributed by atoms with Gasteiger partial charge in [0, 0.05) is 18.9 Å². The minimum atomic E-state index is -2.68. The fourth-order valence-corrected chi connectivity index (χ4v) is 5.08. The van der Waals surface area contributed by atoms with Gasteiger partial charge in [0.1, 0.15) is 12.2 Å². The summed E-state index contributed by atoms with van der Waals surface area (Å²) in [6.45, 7) is -1.59. The minimum Gasteiger partial charge on any atom is -0.504 e. The van der Waals surface area contributed by atoms with Crippen LogP contribution in [0, 0.1) is 0 Å². The molecule has 1 aliphatic rings. The van der Waals surface area contributed by atoms with Gasteiger partial charge in [-0.25, -0.2) is 14.4 Å². The molecule has 47 heavy (non-hydrogen) atoms. The third-order valence-corrected chi connectivity index (χ3v) is 7.71. The first-order valence-electron chi connectivity index (χ1n) is 14.0. The Bertz CT molecular complexity index is 1730. The van der Waals surface area contributed by atoms with Crippen LogP contribution in [0.2, 0.25) is 0 Å². The zero-order chi connectivity index (χ0) is 34.5. The molecule has 0 aromatic heterocycles. The van der Waals surface area contributed by atoms with Crippen molar-refractivity contribution in [1.29, 1.82) is 0 Å². The fourth-order valence-electron chi connectivity index (χ4n) is 5.08. The molecular weight excluding hydrogens is 620 g/mol. The van der Waals surface area contributed by atoms with Crippen LogP contribution in [0.15, 0.2) is 66.7 Å². The largest absolute Gasteiger partial charge is 0.504 e. The van der Waals surface area contributed by atoms with E-state index in [9.17, 15) is 60.3 Å². The van der Waals surface area contributed by atoms with E-state index in [-0.39, 0.29) is 22.3 Å². The monoisotopic (exact) mass is 652 g/mol. The second kappa shape index (κ2) is 13.9. The summed E-state index contributed by atoms with van der Waals surface area (Å²) in [7, 11) is 0. The number of phenols is 4. The highest BCUT2D eigenvalue weighted by Crippen LogP contribution is 2.41. The molecule has 248 valence electrons. The molecule has 0 bridgehead atoms. The number of aliphatic carboxylic acids is 1. The van der Waals surface area contributed by atoms with E-state index in [1.807, 2.05) is 0 Å². The standard InChI is InChI=1S/C33H32O14/c34-16-20-2-1-3-21(10-20)22(11-19-5-8-24(37)26(39)13-19)30(42)46-28-15-32(45,31(43)44)14-27(40)33(28,17-35)47-29(41)9-6-18-4-7-23(36)25(38)12-18/h1-13,27-28,34-40,45H,14-17H2,(H,43,44). The van der Waals surface area contributed by atoms with Gasteiger partial charge in [-0.1, -0.05) is 30.3 Å². The average molecular weight is 653 g/mol. The Kier molecular flexibility index (Phi) is 10.2. The number of carbonyl (C=O) groups excluding carboxylic acids is 2. The van der Waals surface area contributed by atoms with E-state index in [0.717, 1.165) is 30.3 Å². The van der Waals surface area contributed by atoms with Crippen LogP contribution in [-0.2, 0) is 30.5 Å².